The predicted octanol–water partition coefficient (Wildman–Crippen LogP) is 4.00. The van der Waals surface area contributed by atoms with Crippen LogP contribution < -0.4 is 11.1 Å². The molecule has 0 bridgehead atoms. The third-order valence-corrected chi connectivity index (χ3v) is 4.56. The summed E-state index contributed by atoms with van der Waals surface area (Å²) in [5.74, 6) is -0.945. The number of nitrogens with one attached hydrogen (secondary N) is 1. The third kappa shape index (κ3) is 3.97. The van der Waals surface area contributed by atoms with Gasteiger partial charge in [0.15, 0.2) is 5.82 Å². The van der Waals surface area contributed by atoms with Crippen LogP contribution in [0.4, 0.5) is 5.69 Å². The molecule has 27 heavy (non-hydrogen) atoms. The Hall–Kier alpha value is -2.42. The van der Waals surface area contributed by atoms with Crippen molar-refractivity contribution in [2.24, 2.45) is 5.73 Å². The van der Waals surface area contributed by atoms with Crippen LogP contribution in [-0.4, -0.2) is 26.6 Å². The molecule has 0 aliphatic heterocycles. The quantitative estimate of drug-likeness (QED) is 0.603. The summed E-state index contributed by atoms with van der Waals surface area (Å²) >= 11 is 15.4. The van der Waals surface area contributed by atoms with Crippen molar-refractivity contribution in [3.05, 3.63) is 68.0 Å². The fourth-order valence-corrected chi connectivity index (χ4v) is 3.34. The molecule has 10 heteroatoms. The molecule has 0 spiro atoms. The number of primary amides is 1. The van der Waals surface area contributed by atoms with Gasteiger partial charge < -0.3 is 11.1 Å². The van der Waals surface area contributed by atoms with Gasteiger partial charge in [0.2, 0.25) is 0 Å². The molecule has 2 aromatic heterocycles. The number of rotatable bonds is 4. The van der Waals surface area contributed by atoms with Crippen molar-refractivity contribution in [2.75, 3.05) is 5.32 Å². The standard InChI is InChI=1S/C17H12BrCl2N5O2/c1-8-5-9(19)6-10(15(21)26)14(8)23-17(27)12-7-13(18)24-25(12)16-11(20)3-2-4-22-16/h2-7H,1H3,(H2,21,26)(H,23,27). The van der Waals surface area contributed by atoms with Crippen LogP contribution >= 0.6 is 39.1 Å². The Morgan fingerprint density at radius 2 is 2.00 bits per heavy atom. The van der Waals surface area contributed by atoms with Gasteiger partial charge in [0.05, 0.1) is 16.3 Å². The summed E-state index contributed by atoms with van der Waals surface area (Å²) in [6.45, 7) is 1.71. The molecule has 0 unspecified atom stereocenters. The molecular weight excluding hydrogens is 457 g/mol. The Labute approximate surface area is 172 Å². The second-order valence-electron chi connectivity index (χ2n) is 5.54. The first-order valence-corrected chi connectivity index (χ1v) is 9.10. The van der Waals surface area contributed by atoms with Crippen LogP contribution in [0.15, 0.2) is 41.1 Å². The van der Waals surface area contributed by atoms with Crippen molar-refractivity contribution in [2.45, 2.75) is 6.92 Å². The van der Waals surface area contributed by atoms with Crippen LogP contribution in [0, 0.1) is 6.92 Å². The number of aryl methyl sites for hydroxylation is 1. The highest BCUT2D eigenvalue weighted by atomic mass is 79.9. The van der Waals surface area contributed by atoms with Crippen molar-refractivity contribution in [3.8, 4) is 5.82 Å². The van der Waals surface area contributed by atoms with Crippen molar-refractivity contribution in [1.29, 1.82) is 0 Å². The zero-order valence-electron chi connectivity index (χ0n) is 13.8. The molecule has 3 rings (SSSR count). The van der Waals surface area contributed by atoms with E-state index in [1.807, 2.05) is 0 Å². The highest BCUT2D eigenvalue weighted by Crippen LogP contribution is 2.27. The van der Waals surface area contributed by atoms with Crippen LogP contribution in [0.1, 0.15) is 26.4 Å². The minimum Gasteiger partial charge on any atom is -0.366 e. The Morgan fingerprint density at radius 3 is 2.67 bits per heavy atom. The Bertz CT molecular complexity index is 1070. The number of carbonyl (C=O) groups is 2. The number of hydrogen-bond acceptors (Lipinski definition) is 4. The SMILES string of the molecule is Cc1cc(Cl)cc(C(N)=O)c1NC(=O)c1cc(Br)nn1-c1ncccc1Cl. The van der Waals surface area contributed by atoms with Crippen molar-refractivity contribution >= 4 is 56.6 Å². The van der Waals surface area contributed by atoms with E-state index in [4.69, 9.17) is 28.9 Å². The molecule has 0 aliphatic rings. The number of pyridine rings is 1. The third-order valence-electron chi connectivity index (χ3n) is 3.66. The number of carbonyl (C=O) groups excluding carboxylic acids is 2. The highest BCUT2D eigenvalue weighted by molar-refractivity contribution is 9.10. The van der Waals surface area contributed by atoms with Crippen molar-refractivity contribution in [3.63, 3.8) is 0 Å². The molecule has 0 saturated heterocycles. The van der Waals surface area contributed by atoms with E-state index in [9.17, 15) is 9.59 Å². The molecule has 138 valence electrons. The molecule has 0 aliphatic carbocycles. The van der Waals surface area contributed by atoms with Crippen LogP contribution in [0.3, 0.4) is 0 Å². The van der Waals surface area contributed by atoms with E-state index in [1.54, 1.807) is 25.1 Å². The fourth-order valence-electron chi connectivity index (χ4n) is 2.49. The maximum absolute atomic E-state index is 12.9. The van der Waals surface area contributed by atoms with E-state index in [-0.39, 0.29) is 22.8 Å². The molecule has 0 fully saturated rings. The average molecular weight is 469 g/mol. The normalized spacial score (nSPS) is 10.7. The first-order valence-electron chi connectivity index (χ1n) is 7.55. The molecule has 7 nitrogen and oxygen atoms in total. The van der Waals surface area contributed by atoms with Gasteiger partial charge in [-0.25, -0.2) is 9.67 Å². The molecule has 3 aromatic rings. The van der Waals surface area contributed by atoms with Gasteiger partial charge in [0.1, 0.15) is 10.3 Å². The Balaban J connectivity index is 2.05. The first-order chi connectivity index (χ1) is 12.8. The lowest BCUT2D eigenvalue weighted by atomic mass is 10.1. The van der Waals surface area contributed by atoms with Crippen molar-refractivity contribution in [1.82, 2.24) is 14.8 Å². The number of amides is 2. The van der Waals surface area contributed by atoms with E-state index in [1.165, 1.54) is 23.0 Å². The van der Waals surface area contributed by atoms with Gasteiger partial charge in [-0.3, -0.25) is 9.59 Å². The van der Waals surface area contributed by atoms with E-state index in [0.717, 1.165) is 0 Å². The van der Waals surface area contributed by atoms with Gasteiger partial charge in [-0.2, -0.15) is 5.10 Å². The Morgan fingerprint density at radius 1 is 1.26 bits per heavy atom. The summed E-state index contributed by atoms with van der Waals surface area (Å²) in [5.41, 5.74) is 6.54. The van der Waals surface area contributed by atoms with E-state index in [0.29, 0.717) is 20.2 Å². The Kier molecular flexibility index (Phi) is 5.50. The molecule has 2 heterocycles. The summed E-state index contributed by atoms with van der Waals surface area (Å²) in [7, 11) is 0. The van der Waals surface area contributed by atoms with Gasteiger partial charge >= 0.3 is 0 Å². The van der Waals surface area contributed by atoms with Gasteiger partial charge in [0.25, 0.3) is 11.8 Å². The number of nitrogens with two attached hydrogens (primary N) is 1. The molecular formula is C17H12BrCl2N5O2. The maximum atomic E-state index is 12.9. The number of benzene rings is 1. The van der Waals surface area contributed by atoms with E-state index < -0.39 is 11.8 Å². The summed E-state index contributed by atoms with van der Waals surface area (Å²) in [4.78, 5) is 28.8. The minimum absolute atomic E-state index is 0.106. The van der Waals surface area contributed by atoms with Crippen LogP contribution in [0.2, 0.25) is 10.0 Å². The number of halogens is 3. The molecule has 2 amide bonds. The number of nitrogens with zero attached hydrogens (tertiary/aromatic N) is 3. The van der Waals surface area contributed by atoms with Crippen molar-refractivity contribution < 1.29 is 9.59 Å². The largest absolute Gasteiger partial charge is 0.366 e. The number of aromatic nitrogens is 3. The molecule has 3 N–H and O–H groups in total. The van der Waals surface area contributed by atoms with Gasteiger partial charge in [-0.1, -0.05) is 23.2 Å². The van der Waals surface area contributed by atoms with Gasteiger partial charge in [-0.05, 0) is 52.7 Å². The summed E-state index contributed by atoms with van der Waals surface area (Å²) < 4.78 is 1.72. The highest BCUT2D eigenvalue weighted by Gasteiger charge is 2.21. The van der Waals surface area contributed by atoms with Gasteiger partial charge in [0, 0.05) is 17.3 Å². The first kappa shape index (κ1) is 19.3. The summed E-state index contributed by atoms with van der Waals surface area (Å²) in [5, 5.41) is 7.57. The lowest BCUT2D eigenvalue weighted by Gasteiger charge is -2.13. The maximum Gasteiger partial charge on any atom is 0.274 e. The lowest BCUT2D eigenvalue weighted by Crippen LogP contribution is -2.21. The second kappa shape index (κ2) is 7.67. The van der Waals surface area contributed by atoms with Crippen LogP contribution in [0.25, 0.3) is 5.82 Å². The minimum atomic E-state index is -0.710. The smallest absolute Gasteiger partial charge is 0.274 e. The van der Waals surface area contributed by atoms with Crippen LogP contribution in [-0.2, 0) is 0 Å². The fraction of sp³-hybridized carbons (Fsp3) is 0.0588. The summed E-state index contributed by atoms with van der Waals surface area (Å²) in [6.07, 6.45) is 1.53. The molecule has 1 aromatic carbocycles. The predicted molar refractivity (Wildman–Crippen MR) is 107 cm³/mol. The second-order valence-corrected chi connectivity index (χ2v) is 7.19. The summed E-state index contributed by atoms with van der Waals surface area (Å²) in [6, 6.07) is 7.83. The monoisotopic (exact) mass is 467 g/mol. The zero-order valence-corrected chi connectivity index (χ0v) is 16.9. The topological polar surface area (TPSA) is 103 Å². The molecule has 0 atom stereocenters. The molecule has 0 saturated carbocycles. The van der Waals surface area contributed by atoms with Crippen LogP contribution in [0.5, 0.6) is 0 Å². The van der Waals surface area contributed by atoms with Gasteiger partial charge in [-0.15, -0.1) is 0 Å². The number of hydrogen-bond donors (Lipinski definition) is 2. The average Bonchev–Trinajstić information content (AvgIpc) is 2.99. The zero-order chi connectivity index (χ0) is 19.7. The number of anilines is 1. The van der Waals surface area contributed by atoms with E-state index >= 15 is 0 Å². The van der Waals surface area contributed by atoms with E-state index in [2.05, 4.69) is 31.3 Å². The molecule has 0 radical (unpaired) electrons. The lowest BCUT2D eigenvalue weighted by molar-refractivity contribution is 0.100.